The Kier molecular flexibility index (Phi) is 4.97. The van der Waals surface area contributed by atoms with Gasteiger partial charge in [0.15, 0.2) is 11.5 Å². The minimum Gasteiger partial charge on any atom is -0.440 e. The number of nitrogens with one attached hydrogen (secondary N) is 1. The number of piperidine rings is 1. The Morgan fingerprint density at radius 1 is 1.03 bits per heavy atom. The van der Waals surface area contributed by atoms with Crippen LogP contribution < -0.4 is 5.32 Å². The van der Waals surface area contributed by atoms with Crippen LogP contribution in [0.2, 0.25) is 0 Å². The molecule has 152 valence electrons. The maximum atomic E-state index is 12.8. The van der Waals surface area contributed by atoms with Crippen molar-refractivity contribution in [3.63, 3.8) is 0 Å². The van der Waals surface area contributed by atoms with E-state index < -0.39 is 0 Å². The number of benzene rings is 3. The van der Waals surface area contributed by atoms with Gasteiger partial charge in [0, 0.05) is 11.6 Å². The van der Waals surface area contributed by atoms with Crippen molar-refractivity contribution in [2.24, 2.45) is 0 Å². The molecule has 0 bridgehead atoms. The minimum atomic E-state index is -0.180. The molecule has 2 heterocycles. The molecule has 1 saturated heterocycles. The zero-order chi connectivity index (χ0) is 20.5. The van der Waals surface area contributed by atoms with E-state index >= 15 is 0 Å². The number of fused-ring (bicyclic) bond motifs is 2. The molecule has 1 aromatic heterocycles. The number of rotatable bonds is 4. The molecule has 5 rings (SSSR count). The quantitative estimate of drug-likeness (QED) is 0.513. The van der Waals surface area contributed by atoms with Gasteiger partial charge in [0.2, 0.25) is 5.91 Å². The first kappa shape index (κ1) is 18.8. The summed E-state index contributed by atoms with van der Waals surface area (Å²) in [6.45, 7) is 3.70. The van der Waals surface area contributed by atoms with E-state index in [1.54, 1.807) is 0 Å². The Morgan fingerprint density at radius 3 is 2.57 bits per heavy atom. The summed E-state index contributed by atoms with van der Waals surface area (Å²) < 4.78 is 5.96. The van der Waals surface area contributed by atoms with Crippen molar-refractivity contribution in [3.8, 4) is 0 Å². The normalized spacial score (nSPS) is 16.7. The monoisotopic (exact) mass is 399 g/mol. The van der Waals surface area contributed by atoms with Crippen LogP contribution in [-0.4, -0.2) is 34.9 Å². The van der Waals surface area contributed by atoms with E-state index in [0.29, 0.717) is 5.92 Å². The summed E-state index contributed by atoms with van der Waals surface area (Å²) in [4.78, 5) is 19.7. The molecule has 0 aliphatic carbocycles. The van der Waals surface area contributed by atoms with Crippen LogP contribution in [0.25, 0.3) is 21.9 Å². The Labute approximate surface area is 175 Å². The number of aromatic nitrogens is 1. The van der Waals surface area contributed by atoms with Crippen LogP contribution in [0.15, 0.2) is 71.1 Å². The molecule has 4 aromatic rings. The summed E-state index contributed by atoms with van der Waals surface area (Å²) in [5.74, 6) is 1.17. The third-order valence-electron chi connectivity index (χ3n) is 6.13. The highest BCUT2D eigenvalue weighted by Gasteiger charge is 2.29. The number of amides is 1. The molecule has 1 fully saturated rings. The molecule has 0 radical (unpaired) electrons. The first-order chi connectivity index (χ1) is 14.7. The van der Waals surface area contributed by atoms with Crippen molar-refractivity contribution in [1.29, 1.82) is 0 Å². The SMILES string of the molecule is CC(C(=O)Nc1ccc2ccccc2c1)N1CCC(c2nc3ccccc3o2)CC1. The van der Waals surface area contributed by atoms with Crippen LogP contribution in [0.1, 0.15) is 31.6 Å². The molecule has 5 heteroatoms. The van der Waals surface area contributed by atoms with Crippen LogP contribution in [0.5, 0.6) is 0 Å². The standard InChI is InChI=1S/C25H25N3O2/c1-17(24(29)26-21-11-10-18-6-2-3-7-20(18)16-21)28-14-12-19(13-15-28)25-27-22-8-4-5-9-23(22)30-25/h2-11,16-17,19H,12-15H2,1H3,(H,26,29). The van der Waals surface area contributed by atoms with Gasteiger partial charge in [-0.15, -0.1) is 0 Å². The summed E-state index contributed by atoms with van der Waals surface area (Å²) >= 11 is 0. The molecule has 30 heavy (non-hydrogen) atoms. The van der Waals surface area contributed by atoms with Gasteiger partial charge in [-0.3, -0.25) is 9.69 Å². The lowest BCUT2D eigenvalue weighted by atomic mass is 9.95. The maximum Gasteiger partial charge on any atom is 0.241 e. The Morgan fingerprint density at radius 2 is 1.77 bits per heavy atom. The molecule has 1 aliphatic heterocycles. The predicted octanol–water partition coefficient (Wildman–Crippen LogP) is 5.19. The summed E-state index contributed by atoms with van der Waals surface area (Å²) in [6.07, 6.45) is 1.89. The zero-order valence-corrected chi connectivity index (χ0v) is 17.0. The van der Waals surface area contributed by atoms with Crippen molar-refractivity contribution < 1.29 is 9.21 Å². The topological polar surface area (TPSA) is 58.4 Å². The van der Waals surface area contributed by atoms with Gasteiger partial charge in [0.1, 0.15) is 5.52 Å². The Balaban J connectivity index is 1.21. The number of para-hydroxylation sites is 2. The third-order valence-corrected chi connectivity index (χ3v) is 6.13. The molecule has 1 N–H and O–H groups in total. The summed E-state index contributed by atoms with van der Waals surface area (Å²) in [7, 11) is 0. The lowest BCUT2D eigenvalue weighted by Gasteiger charge is -2.34. The number of hydrogen-bond donors (Lipinski definition) is 1. The van der Waals surface area contributed by atoms with E-state index in [1.807, 2.05) is 61.5 Å². The second-order valence-electron chi connectivity index (χ2n) is 8.06. The van der Waals surface area contributed by atoms with Crippen molar-refractivity contribution in [2.45, 2.75) is 31.7 Å². The van der Waals surface area contributed by atoms with E-state index in [2.05, 4.69) is 27.3 Å². The molecule has 1 amide bonds. The highest BCUT2D eigenvalue weighted by Crippen LogP contribution is 2.30. The van der Waals surface area contributed by atoms with Gasteiger partial charge in [-0.05, 0) is 67.9 Å². The number of likely N-dealkylation sites (tertiary alicyclic amines) is 1. The number of hydrogen-bond acceptors (Lipinski definition) is 4. The summed E-state index contributed by atoms with van der Waals surface area (Å²) in [5, 5.41) is 5.38. The molecule has 3 aromatic carbocycles. The summed E-state index contributed by atoms with van der Waals surface area (Å²) in [5.41, 5.74) is 2.60. The molecular formula is C25H25N3O2. The molecule has 0 saturated carbocycles. The van der Waals surface area contributed by atoms with Gasteiger partial charge in [-0.25, -0.2) is 4.98 Å². The van der Waals surface area contributed by atoms with E-state index in [1.165, 1.54) is 5.39 Å². The molecule has 0 spiro atoms. The van der Waals surface area contributed by atoms with Crippen molar-refractivity contribution in [2.75, 3.05) is 18.4 Å². The van der Waals surface area contributed by atoms with Crippen LogP contribution in [-0.2, 0) is 4.79 Å². The van der Waals surface area contributed by atoms with Crippen LogP contribution in [0.4, 0.5) is 5.69 Å². The fraction of sp³-hybridized carbons (Fsp3) is 0.280. The number of carbonyl (C=O) groups is 1. The molecule has 1 aliphatic rings. The Hall–Kier alpha value is -3.18. The largest absolute Gasteiger partial charge is 0.440 e. The smallest absolute Gasteiger partial charge is 0.241 e. The van der Waals surface area contributed by atoms with Gasteiger partial charge < -0.3 is 9.73 Å². The lowest BCUT2D eigenvalue weighted by molar-refractivity contribution is -0.121. The lowest BCUT2D eigenvalue weighted by Crippen LogP contribution is -2.45. The Bertz CT molecular complexity index is 1160. The molecule has 1 unspecified atom stereocenters. The zero-order valence-electron chi connectivity index (χ0n) is 17.0. The fourth-order valence-electron chi connectivity index (χ4n) is 4.28. The van der Waals surface area contributed by atoms with Gasteiger partial charge >= 0.3 is 0 Å². The van der Waals surface area contributed by atoms with E-state index in [-0.39, 0.29) is 11.9 Å². The highest BCUT2D eigenvalue weighted by atomic mass is 16.3. The van der Waals surface area contributed by atoms with Crippen molar-refractivity contribution in [1.82, 2.24) is 9.88 Å². The predicted molar refractivity (Wildman–Crippen MR) is 120 cm³/mol. The van der Waals surface area contributed by atoms with Crippen LogP contribution >= 0.6 is 0 Å². The first-order valence-corrected chi connectivity index (χ1v) is 10.6. The fourth-order valence-corrected chi connectivity index (χ4v) is 4.28. The summed E-state index contributed by atoms with van der Waals surface area (Å²) in [6, 6.07) is 21.9. The third kappa shape index (κ3) is 3.68. The van der Waals surface area contributed by atoms with Gasteiger partial charge in [-0.1, -0.05) is 42.5 Å². The maximum absolute atomic E-state index is 12.8. The van der Waals surface area contributed by atoms with Gasteiger partial charge in [0.25, 0.3) is 0 Å². The first-order valence-electron chi connectivity index (χ1n) is 10.6. The van der Waals surface area contributed by atoms with Crippen LogP contribution in [0, 0.1) is 0 Å². The molecule has 1 atom stereocenters. The molecular weight excluding hydrogens is 374 g/mol. The number of nitrogens with zero attached hydrogens (tertiary/aromatic N) is 2. The minimum absolute atomic E-state index is 0.0330. The highest BCUT2D eigenvalue weighted by molar-refractivity contribution is 5.97. The number of carbonyl (C=O) groups excluding carboxylic acids is 1. The van der Waals surface area contributed by atoms with E-state index in [0.717, 1.165) is 54.0 Å². The van der Waals surface area contributed by atoms with Crippen molar-refractivity contribution in [3.05, 3.63) is 72.6 Å². The van der Waals surface area contributed by atoms with Crippen LogP contribution in [0.3, 0.4) is 0 Å². The van der Waals surface area contributed by atoms with E-state index in [4.69, 9.17) is 4.42 Å². The van der Waals surface area contributed by atoms with Crippen molar-refractivity contribution >= 4 is 33.5 Å². The second-order valence-corrected chi connectivity index (χ2v) is 8.06. The van der Waals surface area contributed by atoms with Gasteiger partial charge in [0.05, 0.1) is 6.04 Å². The molecule has 5 nitrogen and oxygen atoms in total. The average molecular weight is 399 g/mol. The average Bonchev–Trinajstić information content (AvgIpc) is 3.23. The number of anilines is 1. The van der Waals surface area contributed by atoms with E-state index in [9.17, 15) is 4.79 Å². The second kappa shape index (κ2) is 7.92. The number of oxazole rings is 1. The van der Waals surface area contributed by atoms with Gasteiger partial charge in [-0.2, -0.15) is 0 Å².